The van der Waals surface area contributed by atoms with Crippen LogP contribution in [0, 0.1) is 25.7 Å². The van der Waals surface area contributed by atoms with Crippen LogP contribution in [0.3, 0.4) is 0 Å². The molecule has 19 heavy (non-hydrogen) atoms. The highest BCUT2D eigenvalue weighted by molar-refractivity contribution is 5.23. The predicted octanol–water partition coefficient (Wildman–Crippen LogP) is 3.34. The second-order valence-electron chi connectivity index (χ2n) is 6.38. The first-order valence-corrected chi connectivity index (χ1v) is 7.77. The lowest BCUT2D eigenvalue weighted by atomic mass is 9.81. The summed E-state index contributed by atoms with van der Waals surface area (Å²) in [6.45, 7) is 8.77. The fraction of sp³-hybridized carbons (Fsp3) is 0.812. The van der Waals surface area contributed by atoms with Gasteiger partial charge in [-0.05, 0) is 45.1 Å². The number of nitrogens with zero attached hydrogens (tertiary/aromatic N) is 2. The molecule has 2 atom stereocenters. The third-order valence-corrected chi connectivity index (χ3v) is 4.74. The normalized spacial score (nSPS) is 23.8. The van der Waals surface area contributed by atoms with Crippen molar-refractivity contribution in [2.75, 3.05) is 6.54 Å². The van der Waals surface area contributed by atoms with E-state index in [2.05, 4.69) is 31.2 Å². The van der Waals surface area contributed by atoms with Crippen LogP contribution in [0.4, 0.5) is 0 Å². The minimum atomic E-state index is 0.946. The molecule has 2 rings (SSSR count). The smallest absolute Gasteiger partial charge is 0.0641 e. The molecule has 1 saturated carbocycles. The van der Waals surface area contributed by atoms with Gasteiger partial charge in [0.2, 0.25) is 0 Å². The molecule has 3 nitrogen and oxygen atoms in total. The van der Waals surface area contributed by atoms with Crippen molar-refractivity contribution in [2.24, 2.45) is 18.9 Å². The summed E-state index contributed by atoms with van der Waals surface area (Å²) in [7, 11) is 2.02. The highest BCUT2D eigenvalue weighted by Crippen LogP contribution is 2.30. The van der Waals surface area contributed by atoms with E-state index in [4.69, 9.17) is 0 Å². The van der Waals surface area contributed by atoms with Crippen LogP contribution in [-0.4, -0.2) is 16.3 Å². The maximum Gasteiger partial charge on any atom is 0.0641 e. The summed E-state index contributed by atoms with van der Waals surface area (Å²) in [5, 5.41) is 8.07. The minimum absolute atomic E-state index is 0.946. The van der Waals surface area contributed by atoms with E-state index in [9.17, 15) is 0 Å². The van der Waals surface area contributed by atoms with Crippen LogP contribution in [0.2, 0.25) is 0 Å². The van der Waals surface area contributed by atoms with Crippen LogP contribution in [-0.2, 0) is 13.6 Å². The predicted molar refractivity (Wildman–Crippen MR) is 80.1 cm³/mol. The third kappa shape index (κ3) is 3.82. The van der Waals surface area contributed by atoms with E-state index in [0.717, 1.165) is 24.9 Å². The van der Waals surface area contributed by atoms with Crippen molar-refractivity contribution in [1.82, 2.24) is 15.1 Å². The molecular weight excluding hydrogens is 234 g/mol. The molecule has 1 aliphatic rings. The summed E-state index contributed by atoms with van der Waals surface area (Å²) < 4.78 is 1.98. The SMILES string of the molecule is Cc1nn(C)c(C)c1CNCCC1CCCC(C)C1. The minimum Gasteiger partial charge on any atom is -0.313 e. The second-order valence-corrected chi connectivity index (χ2v) is 6.38. The first kappa shape index (κ1) is 14.6. The van der Waals surface area contributed by atoms with E-state index in [-0.39, 0.29) is 0 Å². The molecule has 2 unspecified atom stereocenters. The summed E-state index contributed by atoms with van der Waals surface area (Å²) in [5.74, 6) is 1.90. The largest absolute Gasteiger partial charge is 0.313 e. The molecule has 1 N–H and O–H groups in total. The van der Waals surface area contributed by atoms with Gasteiger partial charge in [-0.3, -0.25) is 4.68 Å². The van der Waals surface area contributed by atoms with Gasteiger partial charge in [-0.15, -0.1) is 0 Å². The van der Waals surface area contributed by atoms with Crippen molar-refractivity contribution < 1.29 is 0 Å². The van der Waals surface area contributed by atoms with Crippen LogP contribution in [0.15, 0.2) is 0 Å². The Morgan fingerprint density at radius 3 is 2.74 bits per heavy atom. The van der Waals surface area contributed by atoms with E-state index >= 15 is 0 Å². The summed E-state index contributed by atoms with van der Waals surface area (Å²) >= 11 is 0. The van der Waals surface area contributed by atoms with Crippen molar-refractivity contribution in [3.8, 4) is 0 Å². The van der Waals surface area contributed by atoms with Gasteiger partial charge in [0, 0.05) is 24.8 Å². The lowest BCUT2D eigenvalue weighted by Crippen LogP contribution is -2.21. The van der Waals surface area contributed by atoms with Gasteiger partial charge in [-0.25, -0.2) is 0 Å². The zero-order chi connectivity index (χ0) is 13.8. The first-order chi connectivity index (χ1) is 9.08. The summed E-state index contributed by atoms with van der Waals surface area (Å²) in [6, 6.07) is 0. The van der Waals surface area contributed by atoms with Gasteiger partial charge in [-0.1, -0.05) is 26.2 Å². The van der Waals surface area contributed by atoms with Gasteiger partial charge in [-0.2, -0.15) is 5.10 Å². The maximum atomic E-state index is 4.47. The summed E-state index contributed by atoms with van der Waals surface area (Å²) in [5.41, 5.74) is 3.83. The van der Waals surface area contributed by atoms with Crippen LogP contribution in [0.5, 0.6) is 0 Å². The van der Waals surface area contributed by atoms with Crippen molar-refractivity contribution in [1.29, 1.82) is 0 Å². The number of aromatic nitrogens is 2. The summed E-state index contributed by atoms with van der Waals surface area (Å²) in [6.07, 6.45) is 7.09. The number of rotatable bonds is 5. The number of hydrogen-bond acceptors (Lipinski definition) is 2. The molecule has 1 aliphatic carbocycles. The van der Waals surface area contributed by atoms with Gasteiger partial charge >= 0.3 is 0 Å². The molecule has 0 amide bonds. The fourth-order valence-corrected chi connectivity index (χ4v) is 3.41. The number of hydrogen-bond donors (Lipinski definition) is 1. The second kappa shape index (κ2) is 6.56. The lowest BCUT2D eigenvalue weighted by molar-refractivity contribution is 0.267. The zero-order valence-electron chi connectivity index (χ0n) is 13.0. The van der Waals surface area contributed by atoms with Crippen molar-refractivity contribution in [3.63, 3.8) is 0 Å². The van der Waals surface area contributed by atoms with E-state index in [1.807, 2.05) is 11.7 Å². The van der Waals surface area contributed by atoms with Crippen molar-refractivity contribution in [3.05, 3.63) is 17.0 Å². The Hall–Kier alpha value is -0.830. The van der Waals surface area contributed by atoms with Crippen LogP contribution >= 0.6 is 0 Å². The quantitative estimate of drug-likeness (QED) is 0.826. The molecule has 0 bridgehead atoms. The number of nitrogens with one attached hydrogen (secondary N) is 1. The van der Waals surface area contributed by atoms with E-state index in [0.29, 0.717) is 0 Å². The van der Waals surface area contributed by atoms with Crippen molar-refractivity contribution >= 4 is 0 Å². The Labute approximate surface area is 117 Å². The van der Waals surface area contributed by atoms with Crippen molar-refractivity contribution in [2.45, 2.75) is 59.4 Å². The molecule has 108 valence electrons. The Kier molecular flexibility index (Phi) is 5.03. The molecule has 1 heterocycles. The molecule has 3 heteroatoms. The number of aryl methyl sites for hydroxylation is 2. The zero-order valence-corrected chi connectivity index (χ0v) is 13.0. The van der Waals surface area contributed by atoms with Gasteiger partial charge < -0.3 is 5.32 Å². The Morgan fingerprint density at radius 2 is 2.11 bits per heavy atom. The molecule has 1 aromatic heterocycles. The Balaban J connectivity index is 1.72. The molecule has 0 aromatic carbocycles. The average molecular weight is 263 g/mol. The molecule has 0 spiro atoms. The highest BCUT2D eigenvalue weighted by atomic mass is 15.3. The van der Waals surface area contributed by atoms with Gasteiger partial charge in [0.1, 0.15) is 0 Å². The van der Waals surface area contributed by atoms with Crippen LogP contribution < -0.4 is 5.32 Å². The van der Waals surface area contributed by atoms with Gasteiger partial charge in [0.15, 0.2) is 0 Å². The fourth-order valence-electron chi connectivity index (χ4n) is 3.41. The van der Waals surface area contributed by atoms with E-state index in [1.165, 1.54) is 49.1 Å². The Morgan fingerprint density at radius 1 is 1.32 bits per heavy atom. The summed E-state index contributed by atoms with van der Waals surface area (Å²) in [4.78, 5) is 0. The highest BCUT2D eigenvalue weighted by Gasteiger charge is 2.18. The molecule has 1 aromatic rings. The molecule has 1 fully saturated rings. The molecule has 0 radical (unpaired) electrons. The van der Waals surface area contributed by atoms with E-state index in [1.54, 1.807) is 0 Å². The first-order valence-electron chi connectivity index (χ1n) is 7.77. The standard InChI is InChI=1S/C16H29N3/c1-12-6-5-7-15(10-12)8-9-17-11-16-13(2)18-19(4)14(16)3/h12,15,17H,5-11H2,1-4H3. The maximum absolute atomic E-state index is 4.47. The average Bonchev–Trinajstić information content (AvgIpc) is 2.60. The topological polar surface area (TPSA) is 29.9 Å². The lowest BCUT2D eigenvalue weighted by Gasteiger charge is -2.26. The monoisotopic (exact) mass is 263 g/mol. The van der Waals surface area contributed by atoms with E-state index < -0.39 is 0 Å². The third-order valence-electron chi connectivity index (χ3n) is 4.74. The van der Waals surface area contributed by atoms with Gasteiger partial charge in [0.25, 0.3) is 0 Å². The molecule has 0 aliphatic heterocycles. The van der Waals surface area contributed by atoms with Crippen LogP contribution in [0.25, 0.3) is 0 Å². The molecular formula is C16H29N3. The van der Waals surface area contributed by atoms with Crippen LogP contribution in [0.1, 0.15) is 56.0 Å². The van der Waals surface area contributed by atoms with Gasteiger partial charge in [0.05, 0.1) is 5.69 Å². The molecule has 0 saturated heterocycles. The Bertz CT molecular complexity index is 408.